The molecule has 1 saturated carbocycles. The summed E-state index contributed by atoms with van der Waals surface area (Å²) in [5.41, 5.74) is 0.360. The molecular formula is C12H18O2. The van der Waals surface area contributed by atoms with Gasteiger partial charge in [-0.2, -0.15) is 0 Å². The predicted octanol–water partition coefficient (Wildman–Crippen LogP) is 2.84. The Kier molecular flexibility index (Phi) is 1.98. The monoisotopic (exact) mass is 194 g/mol. The lowest BCUT2D eigenvalue weighted by Gasteiger charge is -2.48. The van der Waals surface area contributed by atoms with Crippen LogP contribution in [-0.4, -0.2) is 11.1 Å². The van der Waals surface area contributed by atoms with Gasteiger partial charge >= 0.3 is 5.97 Å². The summed E-state index contributed by atoms with van der Waals surface area (Å²) in [5.74, 6) is -0.749. The second kappa shape index (κ2) is 2.85. The molecule has 2 aliphatic carbocycles. The maximum Gasteiger partial charge on any atom is 0.306 e. The summed E-state index contributed by atoms with van der Waals surface area (Å²) >= 11 is 0. The van der Waals surface area contributed by atoms with Crippen LogP contribution in [0.3, 0.4) is 0 Å². The first-order valence-corrected chi connectivity index (χ1v) is 5.33. The molecule has 0 aliphatic heterocycles. The van der Waals surface area contributed by atoms with Gasteiger partial charge in [0.25, 0.3) is 0 Å². The third-order valence-corrected chi connectivity index (χ3v) is 3.76. The van der Waals surface area contributed by atoms with Gasteiger partial charge in [0.2, 0.25) is 0 Å². The van der Waals surface area contributed by atoms with Crippen molar-refractivity contribution in [2.45, 2.75) is 39.5 Å². The van der Waals surface area contributed by atoms with Crippen molar-refractivity contribution in [2.24, 2.45) is 16.7 Å². The van der Waals surface area contributed by atoms with Crippen LogP contribution in [0.15, 0.2) is 12.2 Å². The molecule has 0 amide bonds. The summed E-state index contributed by atoms with van der Waals surface area (Å²) in [6, 6.07) is 0. The van der Waals surface area contributed by atoms with E-state index < -0.39 is 5.97 Å². The van der Waals surface area contributed by atoms with Gasteiger partial charge in [-0.25, -0.2) is 0 Å². The molecule has 0 aromatic heterocycles. The van der Waals surface area contributed by atoms with Crippen molar-refractivity contribution < 1.29 is 9.90 Å². The molecule has 0 saturated heterocycles. The molecule has 2 nitrogen and oxygen atoms in total. The van der Waals surface area contributed by atoms with E-state index in [1.54, 1.807) is 0 Å². The smallest absolute Gasteiger partial charge is 0.306 e. The molecule has 2 rings (SSSR count). The molecule has 0 spiro atoms. The summed E-state index contributed by atoms with van der Waals surface area (Å²) in [7, 11) is 0. The quantitative estimate of drug-likeness (QED) is 0.652. The number of rotatable bonds is 1. The Morgan fingerprint density at radius 3 is 2.71 bits per heavy atom. The Morgan fingerprint density at radius 2 is 2.14 bits per heavy atom. The minimum Gasteiger partial charge on any atom is -0.481 e. The molecule has 0 aromatic rings. The van der Waals surface area contributed by atoms with Gasteiger partial charge in [-0.15, -0.1) is 0 Å². The van der Waals surface area contributed by atoms with Gasteiger partial charge in [-0.1, -0.05) is 26.0 Å². The highest BCUT2D eigenvalue weighted by Gasteiger charge is 2.45. The molecule has 0 heterocycles. The third-order valence-electron chi connectivity index (χ3n) is 3.76. The minimum atomic E-state index is -0.613. The number of carbonyl (C=O) groups is 1. The van der Waals surface area contributed by atoms with Crippen molar-refractivity contribution in [1.82, 2.24) is 0 Å². The van der Waals surface area contributed by atoms with E-state index in [1.165, 1.54) is 0 Å². The van der Waals surface area contributed by atoms with Crippen LogP contribution in [0.2, 0.25) is 0 Å². The second-order valence-corrected chi connectivity index (χ2v) is 5.69. The zero-order valence-corrected chi connectivity index (χ0v) is 8.92. The first-order valence-electron chi connectivity index (χ1n) is 5.33. The fourth-order valence-electron chi connectivity index (χ4n) is 3.43. The van der Waals surface area contributed by atoms with Crippen molar-refractivity contribution in [3.63, 3.8) is 0 Å². The second-order valence-electron chi connectivity index (χ2n) is 5.69. The van der Waals surface area contributed by atoms with Crippen LogP contribution in [0, 0.1) is 16.7 Å². The van der Waals surface area contributed by atoms with E-state index in [9.17, 15) is 4.79 Å². The highest BCUT2D eigenvalue weighted by atomic mass is 16.4. The van der Waals surface area contributed by atoms with Gasteiger partial charge in [-0.3, -0.25) is 4.79 Å². The molecule has 2 bridgehead atoms. The fourth-order valence-corrected chi connectivity index (χ4v) is 3.43. The van der Waals surface area contributed by atoms with E-state index in [4.69, 9.17) is 5.11 Å². The highest BCUT2D eigenvalue weighted by Crippen LogP contribution is 2.54. The number of fused-ring (bicyclic) bond motifs is 2. The fraction of sp³-hybridized carbons (Fsp3) is 0.750. The van der Waals surface area contributed by atoms with Gasteiger partial charge in [0.15, 0.2) is 0 Å². The van der Waals surface area contributed by atoms with Crippen molar-refractivity contribution in [3.8, 4) is 0 Å². The Balaban J connectivity index is 2.27. The van der Waals surface area contributed by atoms with Crippen molar-refractivity contribution in [3.05, 3.63) is 12.2 Å². The Morgan fingerprint density at radius 1 is 1.43 bits per heavy atom. The molecule has 1 fully saturated rings. The number of aliphatic carboxylic acids is 1. The number of carboxylic acids is 1. The van der Waals surface area contributed by atoms with E-state index in [0.29, 0.717) is 0 Å². The van der Waals surface area contributed by atoms with Crippen molar-refractivity contribution in [2.75, 3.05) is 0 Å². The lowest BCUT2D eigenvalue weighted by molar-refractivity contribution is -0.146. The van der Waals surface area contributed by atoms with Crippen molar-refractivity contribution in [1.29, 1.82) is 0 Å². The molecule has 2 heteroatoms. The molecule has 3 unspecified atom stereocenters. The zero-order chi connectivity index (χ0) is 10.4. The molecule has 78 valence electrons. The summed E-state index contributed by atoms with van der Waals surface area (Å²) < 4.78 is 0. The highest BCUT2D eigenvalue weighted by molar-refractivity contribution is 5.70. The molecule has 14 heavy (non-hydrogen) atoms. The van der Waals surface area contributed by atoms with Crippen LogP contribution in [0.1, 0.15) is 39.5 Å². The normalized spacial score (nSPS) is 46.3. The molecule has 2 aliphatic rings. The Labute approximate surface area is 85.0 Å². The molecule has 0 aromatic carbocycles. The van der Waals surface area contributed by atoms with Gasteiger partial charge in [-0.05, 0) is 36.5 Å². The first-order chi connectivity index (χ1) is 6.43. The van der Waals surface area contributed by atoms with Gasteiger partial charge in [0.1, 0.15) is 0 Å². The summed E-state index contributed by atoms with van der Waals surface area (Å²) in [6.45, 7) is 4.42. The SMILES string of the molecule is CC12C=CCC(C)(CC(C(=O)O)C1)C2. The molecule has 3 atom stereocenters. The van der Waals surface area contributed by atoms with E-state index in [0.717, 1.165) is 25.7 Å². The number of carboxylic acid groups (broad SMARTS) is 1. The predicted molar refractivity (Wildman–Crippen MR) is 54.9 cm³/mol. The molecule has 0 radical (unpaired) electrons. The van der Waals surface area contributed by atoms with Gasteiger partial charge in [0, 0.05) is 0 Å². The first kappa shape index (κ1) is 9.75. The Hall–Kier alpha value is -0.790. The maximum absolute atomic E-state index is 11.0. The Bertz CT molecular complexity index is 295. The number of hydrogen-bond acceptors (Lipinski definition) is 1. The number of hydrogen-bond donors (Lipinski definition) is 1. The lowest BCUT2D eigenvalue weighted by Crippen LogP contribution is -2.40. The van der Waals surface area contributed by atoms with Crippen LogP contribution in [-0.2, 0) is 4.79 Å². The summed E-state index contributed by atoms with van der Waals surface area (Å²) in [6.07, 6.45) is 8.33. The maximum atomic E-state index is 11.0. The molecular weight excluding hydrogens is 176 g/mol. The van der Waals surface area contributed by atoms with Crippen LogP contribution in [0.5, 0.6) is 0 Å². The topological polar surface area (TPSA) is 37.3 Å². The largest absolute Gasteiger partial charge is 0.481 e. The van der Waals surface area contributed by atoms with Gasteiger partial charge < -0.3 is 5.11 Å². The average molecular weight is 194 g/mol. The van der Waals surface area contributed by atoms with Crippen LogP contribution in [0.4, 0.5) is 0 Å². The summed E-state index contributed by atoms with van der Waals surface area (Å²) in [5, 5.41) is 9.10. The zero-order valence-electron chi connectivity index (χ0n) is 8.92. The van der Waals surface area contributed by atoms with Crippen LogP contribution < -0.4 is 0 Å². The van der Waals surface area contributed by atoms with E-state index >= 15 is 0 Å². The van der Waals surface area contributed by atoms with Crippen LogP contribution >= 0.6 is 0 Å². The van der Waals surface area contributed by atoms with E-state index in [-0.39, 0.29) is 16.7 Å². The number of allylic oxidation sites excluding steroid dienone is 2. The van der Waals surface area contributed by atoms with Crippen LogP contribution in [0.25, 0.3) is 0 Å². The lowest BCUT2D eigenvalue weighted by atomic mass is 9.56. The third kappa shape index (κ3) is 1.58. The molecule has 1 N–H and O–H groups in total. The van der Waals surface area contributed by atoms with Crippen molar-refractivity contribution >= 4 is 5.97 Å². The average Bonchev–Trinajstić information content (AvgIpc) is 1.99. The van der Waals surface area contributed by atoms with E-state index in [1.807, 2.05) is 0 Å². The van der Waals surface area contributed by atoms with Gasteiger partial charge in [0.05, 0.1) is 5.92 Å². The summed E-state index contributed by atoms with van der Waals surface area (Å²) in [4.78, 5) is 11.0. The van der Waals surface area contributed by atoms with E-state index in [2.05, 4.69) is 26.0 Å². The minimum absolute atomic E-state index is 0.133. The standard InChI is InChI=1S/C12H18O2/c1-11-4-3-5-12(2,8-11)7-9(6-11)10(13)14/h3-4,9H,5-8H2,1-2H3,(H,13,14).